The second kappa shape index (κ2) is 6.23. The molecule has 1 amide bonds. The summed E-state index contributed by atoms with van der Waals surface area (Å²) in [7, 11) is 0. The molecule has 1 aliphatic carbocycles. The average molecular weight is 265 g/mol. The molecule has 3 rings (SSSR count). The van der Waals surface area contributed by atoms with Crippen molar-refractivity contribution in [3.8, 4) is 0 Å². The van der Waals surface area contributed by atoms with Crippen molar-refractivity contribution < 1.29 is 4.79 Å². The smallest absolute Gasteiger partial charge is 0.236 e. The van der Waals surface area contributed by atoms with E-state index in [-0.39, 0.29) is 0 Å². The first-order valence-corrected chi connectivity index (χ1v) is 8.02. The molecule has 2 saturated heterocycles. The molecule has 1 atom stereocenters. The normalized spacial score (nSPS) is 28.2. The highest BCUT2D eigenvalue weighted by molar-refractivity contribution is 5.78. The second-order valence-electron chi connectivity index (χ2n) is 6.58. The van der Waals surface area contributed by atoms with E-state index in [0.29, 0.717) is 18.4 Å². The van der Waals surface area contributed by atoms with Crippen molar-refractivity contribution in [2.75, 3.05) is 45.8 Å². The van der Waals surface area contributed by atoms with E-state index < -0.39 is 0 Å². The van der Waals surface area contributed by atoms with Crippen LogP contribution in [0.1, 0.15) is 32.1 Å². The van der Waals surface area contributed by atoms with Crippen molar-refractivity contribution in [3.05, 3.63) is 0 Å². The quantitative estimate of drug-likeness (QED) is 0.776. The Morgan fingerprint density at radius 1 is 1.05 bits per heavy atom. The molecule has 3 fully saturated rings. The van der Waals surface area contributed by atoms with E-state index in [1.807, 2.05) is 0 Å². The lowest BCUT2D eigenvalue weighted by Gasteiger charge is -2.20. The first-order chi connectivity index (χ1) is 9.31. The summed E-state index contributed by atoms with van der Waals surface area (Å²) in [5, 5.41) is 3.31. The molecule has 1 N–H and O–H groups in total. The number of rotatable bonds is 6. The molecule has 0 bridgehead atoms. The molecule has 1 saturated carbocycles. The van der Waals surface area contributed by atoms with E-state index in [9.17, 15) is 4.79 Å². The Bertz CT molecular complexity index is 311. The van der Waals surface area contributed by atoms with Crippen LogP contribution >= 0.6 is 0 Å². The Balaban J connectivity index is 1.33. The van der Waals surface area contributed by atoms with Crippen LogP contribution in [0, 0.1) is 11.8 Å². The Morgan fingerprint density at radius 3 is 2.58 bits per heavy atom. The molecular weight excluding hydrogens is 238 g/mol. The SMILES string of the molecule is O=C(CNCC1CC1)N1CCC(CN2CCCC2)C1. The maximum Gasteiger partial charge on any atom is 0.236 e. The van der Waals surface area contributed by atoms with Gasteiger partial charge in [-0.25, -0.2) is 0 Å². The van der Waals surface area contributed by atoms with Gasteiger partial charge in [-0.2, -0.15) is 0 Å². The van der Waals surface area contributed by atoms with E-state index in [0.717, 1.165) is 25.6 Å². The number of likely N-dealkylation sites (tertiary alicyclic amines) is 2. The topological polar surface area (TPSA) is 35.6 Å². The summed E-state index contributed by atoms with van der Waals surface area (Å²) in [6.45, 7) is 7.30. The number of amides is 1. The molecular formula is C15H27N3O. The van der Waals surface area contributed by atoms with E-state index in [4.69, 9.17) is 0 Å². The summed E-state index contributed by atoms with van der Waals surface area (Å²) < 4.78 is 0. The molecule has 19 heavy (non-hydrogen) atoms. The third-order valence-corrected chi connectivity index (χ3v) is 4.76. The van der Waals surface area contributed by atoms with Gasteiger partial charge < -0.3 is 15.1 Å². The summed E-state index contributed by atoms with van der Waals surface area (Å²) in [4.78, 5) is 16.7. The lowest BCUT2D eigenvalue weighted by atomic mass is 10.1. The minimum absolute atomic E-state index is 0.310. The number of carbonyl (C=O) groups excluding carboxylic acids is 1. The van der Waals surface area contributed by atoms with Gasteiger partial charge in [0.15, 0.2) is 0 Å². The largest absolute Gasteiger partial charge is 0.341 e. The van der Waals surface area contributed by atoms with Gasteiger partial charge >= 0.3 is 0 Å². The zero-order valence-corrected chi connectivity index (χ0v) is 11.9. The van der Waals surface area contributed by atoms with Crippen LogP contribution < -0.4 is 5.32 Å². The summed E-state index contributed by atoms with van der Waals surface area (Å²) >= 11 is 0. The predicted octanol–water partition coefficient (Wildman–Crippen LogP) is 0.930. The molecule has 0 spiro atoms. The summed E-state index contributed by atoms with van der Waals surface area (Å²) in [6.07, 6.45) is 6.62. The van der Waals surface area contributed by atoms with Gasteiger partial charge in [0, 0.05) is 19.6 Å². The van der Waals surface area contributed by atoms with Crippen LogP contribution in [0.5, 0.6) is 0 Å². The predicted molar refractivity (Wildman–Crippen MR) is 76.0 cm³/mol. The monoisotopic (exact) mass is 265 g/mol. The lowest BCUT2D eigenvalue weighted by molar-refractivity contribution is -0.129. The number of nitrogens with one attached hydrogen (secondary N) is 1. The fourth-order valence-electron chi connectivity index (χ4n) is 3.36. The molecule has 4 heteroatoms. The van der Waals surface area contributed by atoms with Gasteiger partial charge in [-0.3, -0.25) is 4.79 Å². The highest BCUT2D eigenvalue weighted by Gasteiger charge is 2.28. The first kappa shape index (κ1) is 13.4. The molecule has 108 valence electrons. The third-order valence-electron chi connectivity index (χ3n) is 4.76. The van der Waals surface area contributed by atoms with Crippen molar-refractivity contribution >= 4 is 5.91 Å². The number of hydrogen-bond donors (Lipinski definition) is 1. The summed E-state index contributed by atoms with van der Waals surface area (Å²) in [5.41, 5.74) is 0. The van der Waals surface area contributed by atoms with Crippen molar-refractivity contribution in [3.63, 3.8) is 0 Å². The zero-order chi connectivity index (χ0) is 13.1. The number of nitrogens with zero attached hydrogens (tertiary/aromatic N) is 2. The highest BCUT2D eigenvalue weighted by Crippen LogP contribution is 2.27. The van der Waals surface area contributed by atoms with Crippen LogP contribution in [0.25, 0.3) is 0 Å². The van der Waals surface area contributed by atoms with Crippen molar-refractivity contribution in [2.24, 2.45) is 11.8 Å². The maximum atomic E-state index is 12.1. The van der Waals surface area contributed by atoms with Crippen LogP contribution in [-0.4, -0.2) is 61.5 Å². The van der Waals surface area contributed by atoms with Gasteiger partial charge in [0.2, 0.25) is 5.91 Å². The van der Waals surface area contributed by atoms with Gasteiger partial charge in [0.1, 0.15) is 0 Å². The number of hydrogen-bond acceptors (Lipinski definition) is 3. The molecule has 0 aromatic rings. The van der Waals surface area contributed by atoms with Crippen LogP contribution in [0.3, 0.4) is 0 Å². The van der Waals surface area contributed by atoms with Gasteiger partial charge in [-0.15, -0.1) is 0 Å². The van der Waals surface area contributed by atoms with Gasteiger partial charge in [-0.1, -0.05) is 0 Å². The average Bonchev–Trinajstić information content (AvgIpc) is 2.91. The van der Waals surface area contributed by atoms with Gasteiger partial charge in [0.05, 0.1) is 6.54 Å². The van der Waals surface area contributed by atoms with E-state index in [1.54, 1.807) is 0 Å². The summed E-state index contributed by atoms with van der Waals surface area (Å²) in [5.74, 6) is 1.88. The minimum Gasteiger partial charge on any atom is -0.341 e. The van der Waals surface area contributed by atoms with Gasteiger partial charge in [-0.05, 0) is 63.6 Å². The molecule has 0 aromatic heterocycles. The molecule has 2 aliphatic heterocycles. The van der Waals surface area contributed by atoms with Crippen molar-refractivity contribution in [2.45, 2.75) is 32.1 Å². The highest BCUT2D eigenvalue weighted by atomic mass is 16.2. The van der Waals surface area contributed by atoms with E-state index in [1.165, 1.54) is 51.7 Å². The molecule has 1 unspecified atom stereocenters. The standard InChI is InChI=1S/C15H27N3O/c19-15(10-16-9-13-3-4-13)18-8-5-14(12-18)11-17-6-1-2-7-17/h13-14,16H,1-12H2. The van der Waals surface area contributed by atoms with E-state index >= 15 is 0 Å². The molecule has 0 aromatic carbocycles. The van der Waals surface area contributed by atoms with Crippen LogP contribution in [0.2, 0.25) is 0 Å². The first-order valence-electron chi connectivity index (χ1n) is 8.02. The minimum atomic E-state index is 0.310. The lowest BCUT2D eigenvalue weighted by Crippen LogP contribution is -2.38. The zero-order valence-electron chi connectivity index (χ0n) is 11.9. The molecule has 3 aliphatic rings. The maximum absolute atomic E-state index is 12.1. The third kappa shape index (κ3) is 3.93. The van der Waals surface area contributed by atoms with Gasteiger partial charge in [0.25, 0.3) is 0 Å². The molecule has 0 radical (unpaired) electrons. The van der Waals surface area contributed by atoms with E-state index in [2.05, 4.69) is 15.1 Å². The fraction of sp³-hybridized carbons (Fsp3) is 0.933. The van der Waals surface area contributed by atoms with Crippen LogP contribution in [-0.2, 0) is 4.79 Å². The Morgan fingerprint density at radius 2 is 1.84 bits per heavy atom. The fourth-order valence-corrected chi connectivity index (χ4v) is 3.36. The van der Waals surface area contributed by atoms with Crippen molar-refractivity contribution in [1.82, 2.24) is 15.1 Å². The molecule has 4 nitrogen and oxygen atoms in total. The Labute approximate surface area is 116 Å². The Hall–Kier alpha value is -0.610. The van der Waals surface area contributed by atoms with Crippen LogP contribution in [0.15, 0.2) is 0 Å². The summed E-state index contributed by atoms with van der Waals surface area (Å²) in [6, 6.07) is 0. The molecule has 2 heterocycles. The number of carbonyl (C=O) groups is 1. The second-order valence-corrected chi connectivity index (χ2v) is 6.58. The van der Waals surface area contributed by atoms with Crippen molar-refractivity contribution in [1.29, 1.82) is 0 Å². The Kier molecular flexibility index (Phi) is 4.38. The van der Waals surface area contributed by atoms with Crippen LogP contribution in [0.4, 0.5) is 0 Å².